The molecule has 1 aromatic heterocycles. The van der Waals surface area contributed by atoms with E-state index in [2.05, 4.69) is 43.2 Å². The van der Waals surface area contributed by atoms with Crippen molar-refractivity contribution in [2.75, 3.05) is 20.2 Å². The van der Waals surface area contributed by atoms with Crippen LogP contribution in [0.4, 0.5) is 0 Å². The van der Waals surface area contributed by atoms with Crippen molar-refractivity contribution in [3.05, 3.63) is 41.5 Å². The first kappa shape index (κ1) is 20.5. The van der Waals surface area contributed by atoms with Crippen LogP contribution in [-0.4, -0.2) is 51.8 Å². The Labute approximate surface area is 184 Å². The second kappa shape index (κ2) is 8.61. The van der Waals surface area contributed by atoms with Gasteiger partial charge in [-0.3, -0.25) is 9.69 Å². The Bertz CT molecular complexity index is 926. The minimum absolute atomic E-state index is 0.0434. The van der Waals surface area contributed by atoms with E-state index < -0.39 is 0 Å². The fourth-order valence-corrected chi connectivity index (χ4v) is 5.59. The van der Waals surface area contributed by atoms with Crippen LogP contribution in [0.25, 0.3) is 0 Å². The predicted octanol–water partition coefficient (Wildman–Crippen LogP) is 3.19. The maximum Gasteiger partial charge on any atom is 0.289 e. The first-order valence-corrected chi connectivity index (χ1v) is 11.7. The molecule has 7 heteroatoms. The zero-order valence-corrected chi connectivity index (χ0v) is 18.5. The normalized spacial score (nSPS) is 21.2. The Kier molecular flexibility index (Phi) is 5.69. The second-order valence-electron chi connectivity index (χ2n) is 9.61. The minimum Gasteiger partial charge on any atom is -0.497 e. The fourth-order valence-electron chi connectivity index (χ4n) is 5.59. The molecule has 0 radical (unpaired) electrons. The van der Waals surface area contributed by atoms with Crippen LogP contribution in [0.1, 0.15) is 67.0 Å². The number of piperidine rings is 1. The van der Waals surface area contributed by atoms with Crippen molar-refractivity contribution in [3.8, 4) is 5.75 Å². The highest BCUT2D eigenvalue weighted by Gasteiger charge is 2.40. The summed E-state index contributed by atoms with van der Waals surface area (Å²) in [5.74, 6) is 2.36. The first-order valence-electron chi connectivity index (χ1n) is 11.7. The number of hydrogen-bond donors (Lipinski definition) is 1. The molecular weight excluding hydrogens is 390 g/mol. The third kappa shape index (κ3) is 4.33. The molecule has 166 valence electrons. The number of carbonyl (C=O) groups excluding carboxylic acids is 1. The lowest BCUT2D eigenvalue weighted by Gasteiger charge is -2.44. The summed E-state index contributed by atoms with van der Waals surface area (Å²) in [5.41, 5.74) is 1.55. The molecule has 3 aliphatic rings. The highest BCUT2D eigenvalue weighted by atomic mass is 16.5. The summed E-state index contributed by atoms with van der Waals surface area (Å²) in [6.45, 7) is 3.99. The number of nitrogens with one attached hydrogen (secondary N) is 1. The first-order chi connectivity index (χ1) is 15.1. The number of carbonyl (C=O) groups is 1. The third-order valence-corrected chi connectivity index (χ3v) is 7.55. The van der Waals surface area contributed by atoms with Gasteiger partial charge >= 0.3 is 0 Å². The molecule has 3 heterocycles. The van der Waals surface area contributed by atoms with E-state index >= 15 is 0 Å². The number of nitrogens with zero attached hydrogens (tertiary/aromatic N) is 4. The van der Waals surface area contributed by atoms with Gasteiger partial charge in [0, 0.05) is 25.6 Å². The van der Waals surface area contributed by atoms with Crippen LogP contribution in [0.5, 0.6) is 5.75 Å². The number of amides is 1. The maximum absolute atomic E-state index is 12.9. The topological polar surface area (TPSA) is 72.3 Å². The Morgan fingerprint density at radius 3 is 2.77 bits per heavy atom. The van der Waals surface area contributed by atoms with E-state index in [-0.39, 0.29) is 11.3 Å². The van der Waals surface area contributed by atoms with Crippen LogP contribution in [0.15, 0.2) is 24.3 Å². The standard InChI is InChI=1S/C24H33N5O2/c1-31-20-8-4-5-18(15-20)16-28-13-11-24(12-14-28)10-9-21-26-27-22(29(21)17-24)23(30)25-19-6-2-3-7-19/h4-5,8,15,19H,2-3,6-7,9-14,16-17H2,1H3,(H,25,30). The molecule has 2 fully saturated rings. The molecule has 1 saturated carbocycles. The molecule has 5 rings (SSSR count). The van der Waals surface area contributed by atoms with Crippen molar-refractivity contribution < 1.29 is 9.53 Å². The Morgan fingerprint density at radius 2 is 2.00 bits per heavy atom. The van der Waals surface area contributed by atoms with Crippen molar-refractivity contribution in [1.82, 2.24) is 25.0 Å². The summed E-state index contributed by atoms with van der Waals surface area (Å²) in [6, 6.07) is 8.66. The number of rotatable bonds is 5. The van der Waals surface area contributed by atoms with Gasteiger partial charge in [0.25, 0.3) is 5.91 Å². The highest BCUT2D eigenvalue weighted by Crippen LogP contribution is 2.41. The molecule has 7 nitrogen and oxygen atoms in total. The van der Waals surface area contributed by atoms with Gasteiger partial charge in [-0.2, -0.15) is 0 Å². The predicted molar refractivity (Wildman–Crippen MR) is 118 cm³/mol. The number of hydrogen-bond acceptors (Lipinski definition) is 5. The van der Waals surface area contributed by atoms with E-state index in [9.17, 15) is 4.79 Å². The van der Waals surface area contributed by atoms with Crippen LogP contribution in [0.2, 0.25) is 0 Å². The molecule has 31 heavy (non-hydrogen) atoms. The smallest absolute Gasteiger partial charge is 0.289 e. The average molecular weight is 424 g/mol. The molecule has 1 amide bonds. The monoisotopic (exact) mass is 423 g/mol. The van der Waals surface area contributed by atoms with Crippen molar-refractivity contribution in [2.45, 2.75) is 70.5 Å². The summed E-state index contributed by atoms with van der Waals surface area (Å²) < 4.78 is 7.48. The van der Waals surface area contributed by atoms with Gasteiger partial charge in [0.2, 0.25) is 5.82 Å². The van der Waals surface area contributed by atoms with E-state index in [1.54, 1.807) is 7.11 Å². The van der Waals surface area contributed by atoms with Gasteiger partial charge in [0.15, 0.2) is 0 Å². The van der Waals surface area contributed by atoms with Crippen molar-refractivity contribution in [3.63, 3.8) is 0 Å². The van der Waals surface area contributed by atoms with E-state index in [1.807, 2.05) is 6.07 Å². The molecule has 1 N–H and O–H groups in total. The molecule has 0 unspecified atom stereocenters. The molecule has 1 aromatic carbocycles. The quantitative estimate of drug-likeness (QED) is 0.800. The second-order valence-corrected chi connectivity index (χ2v) is 9.61. The molecule has 1 spiro atoms. The van der Waals surface area contributed by atoms with E-state index in [0.717, 1.165) is 76.3 Å². The molecule has 1 saturated heterocycles. The average Bonchev–Trinajstić information content (AvgIpc) is 3.45. The molecule has 0 bridgehead atoms. The summed E-state index contributed by atoms with van der Waals surface area (Å²) in [5, 5.41) is 11.8. The lowest BCUT2D eigenvalue weighted by atomic mass is 9.73. The zero-order valence-electron chi connectivity index (χ0n) is 18.5. The van der Waals surface area contributed by atoms with Gasteiger partial charge < -0.3 is 14.6 Å². The van der Waals surface area contributed by atoms with Gasteiger partial charge in [-0.05, 0) is 68.3 Å². The van der Waals surface area contributed by atoms with Gasteiger partial charge in [-0.1, -0.05) is 25.0 Å². The zero-order chi connectivity index (χ0) is 21.3. The molecular formula is C24H33N5O2. The van der Waals surface area contributed by atoms with Crippen LogP contribution in [0, 0.1) is 5.41 Å². The highest BCUT2D eigenvalue weighted by molar-refractivity contribution is 5.91. The number of benzene rings is 1. The number of methoxy groups -OCH3 is 1. The van der Waals surface area contributed by atoms with Gasteiger partial charge in [0.1, 0.15) is 11.6 Å². The van der Waals surface area contributed by atoms with Gasteiger partial charge in [0.05, 0.1) is 7.11 Å². The van der Waals surface area contributed by atoms with Crippen LogP contribution >= 0.6 is 0 Å². The molecule has 2 aliphatic heterocycles. The van der Waals surface area contributed by atoms with E-state index in [1.165, 1.54) is 18.4 Å². The van der Waals surface area contributed by atoms with Crippen molar-refractivity contribution >= 4 is 5.91 Å². The largest absolute Gasteiger partial charge is 0.497 e. The fraction of sp³-hybridized carbons (Fsp3) is 0.625. The number of aryl methyl sites for hydroxylation is 1. The molecule has 0 atom stereocenters. The number of likely N-dealkylation sites (tertiary alicyclic amines) is 1. The van der Waals surface area contributed by atoms with E-state index in [4.69, 9.17) is 4.74 Å². The number of aromatic nitrogens is 3. The summed E-state index contributed by atoms with van der Waals surface area (Å²) in [4.78, 5) is 15.4. The number of fused-ring (bicyclic) bond motifs is 1. The molecule has 2 aromatic rings. The summed E-state index contributed by atoms with van der Waals surface area (Å²) >= 11 is 0. The van der Waals surface area contributed by atoms with Crippen molar-refractivity contribution in [2.24, 2.45) is 5.41 Å². The minimum atomic E-state index is -0.0434. The summed E-state index contributed by atoms with van der Waals surface area (Å²) in [6.07, 6.45) is 8.94. The maximum atomic E-state index is 12.9. The lowest BCUT2D eigenvalue weighted by molar-refractivity contribution is 0.0616. The van der Waals surface area contributed by atoms with Gasteiger partial charge in [-0.25, -0.2) is 0 Å². The van der Waals surface area contributed by atoms with Crippen molar-refractivity contribution in [1.29, 1.82) is 0 Å². The molecule has 1 aliphatic carbocycles. The Balaban J connectivity index is 1.22. The lowest BCUT2D eigenvalue weighted by Crippen LogP contribution is -2.45. The van der Waals surface area contributed by atoms with E-state index in [0.29, 0.717) is 11.9 Å². The van der Waals surface area contributed by atoms with Crippen LogP contribution < -0.4 is 10.1 Å². The summed E-state index contributed by atoms with van der Waals surface area (Å²) in [7, 11) is 1.72. The Hall–Kier alpha value is -2.41. The Morgan fingerprint density at radius 1 is 1.19 bits per heavy atom. The van der Waals surface area contributed by atoms with Crippen LogP contribution in [0.3, 0.4) is 0 Å². The third-order valence-electron chi connectivity index (χ3n) is 7.55. The SMILES string of the molecule is COc1cccc(CN2CCC3(CCc4nnc(C(=O)NC5CCCC5)n4C3)CC2)c1. The number of ether oxygens (including phenoxy) is 1. The van der Waals surface area contributed by atoms with Gasteiger partial charge in [-0.15, -0.1) is 10.2 Å². The van der Waals surface area contributed by atoms with Crippen LogP contribution in [-0.2, 0) is 19.5 Å².